The molecule has 0 spiro atoms. The van der Waals surface area contributed by atoms with Gasteiger partial charge in [0.05, 0.1) is 24.1 Å². The summed E-state index contributed by atoms with van der Waals surface area (Å²) in [6.07, 6.45) is 21.1. The molecule has 0 amide bonds. The van der Waals surface area contributed by atoms with Crippen molar-refractivity contribution < 1.29 is 29.3 Å². The van der Waals surface area contributed by atoms with Crippen LogP contribution < -0.4 is 10.2 Å². The van der Waals surface area contributed by atoms with Gasteiger partial charge in [0, 0.05) is 5.56 Å². The van der Waals surface area contributed by atoms with E-state index in [4.69, 9.17) is 4.74 Å². The standard InChI is InChI=1S/C27H40O6/c1-2-3-4-5-6-7-8-9-10-11-12-13-14-15-16-17-20-33-27(32)23-19-18-22(25(28)29)21-24(23)26(30)31/h9-10,18-19,21H,2-8,11-17,20H2,1H3,(H,28,29)(H,30,31)/p-2. The van der Waals surface area contributed by atoms with Crippen molar-refractivity contribution in [1.29, 1.82) is 0 Å². The van der Waals surface area contributed by atoms with Gasteiger partial charge in [-0.3, -0.25) is 0 Å². The summed E-state index contributed by atoms with van der Waals surface area (Å²) in [5.74, 6) is -3.96. The van der Waals surface area contributed by atoms with Crippen molar-refractivity contribution in [2.24, 2.45) is 0 Å². The van der Waals surface area contributed by atoms with Crippen molar-refractivity contribution in [3.8, 4) is 0 Å². The fraction of sp³-hybridized carbons (Fsp3) is 0.593. The van der Waals surface area contributed by atoms with Gasteiger partial charge in [0.1, 0.15) is 0 Å². The molecule has 0 bridgehead atoms. The average molecular weight is 459 g/mol. The number of rotatable bonds is 19. The zero-order chi connectivity index (χ0) is 24.3. The van der Waals surface area contributed by atoms with Crippen LogP contribution in [0.5, 0.6) is 0 Å². The van der Waals surface area contributed by atoms with Crippen molar-refractivity contribution in [3.05, 3.63) is 47.0 Å². The van der Waals surface area contributed by atoms with Gasteiger partial charge in [-0.15, -0.1) is 0 Å². The van der Waals surface area contributed by atoms with Crippen LogP contribution in [-0.4, -0.2) is 24.5 Å². The first-order valence-corrected chi connectivity index (χ1v) is 12.4. The normalized spacial score (nSPS) is 11.1. The van der Waals surface area contributed by atoms with Crippen molar-refractivity contribution in [3.63, 3.8) is 0 Å². The maximum absolute atomic E-state index is 12.1. The number of carboxylic acid groups (broad SMARTS) is 2. The minimum absolute atomic E-state index is 0.189. The smallest absolute Gasteiger partial charge is 0.338 e. The van der Waals surface area contributed by atoms with Gasteiger partial charge in [-0.05, 0) is 49.8 Å². The number of carbonyl (C=O) groups is 3. The molecule has 0 atom stereocenters. The van der Waals surface area contributed by atoms with E-state index in [1.807, 2.05) is 0 Å². The maximum Gasteiger partial charge on any atom is 0.338 e. The monoisotopic (exact) mass is 458 g/mol. The number of benzene rings is 1. The summed E-state index contributed by atoms with van der Waals surface area (Å²) in [6.45, 7) is 2.43. The first-order chi connectivity index (χ1) is 16.0. The Bertz CT molecular complexity index is 753. The van der Waals surface area contributed by atoms with Crippen molar-refractivity contribution in [2.45, 2.75) is 96.8 Å². The molecular weight excluding hydrogens is 420 g/mol. The highest BCUT2D eigenvalue weighted by molar-refractivity contribution is 6.03. The predicted octanol–water partition coefficient (Wildman–Crippen LogP) is 4.61. The second kappa shape index (κ2) is 17.9. The number of allylic oxidation sites excluding steroid dienone is 2. The number of unbranched alkanes of at least 4 members (excludes halogenated alkanes) is 12. The molecule has 6 heteroatoms. The third kappa shape index (κ3) is 12.9. The summed E-state index contributed by atoms with van der Waals surface area (Å²) < 4.78 is 5.14. The number of hydrogen-bond acceptors (Lipinski definition) is 6. The van der Waals surface area contributed by atoms with Crippen molar-refractivity contribution in [2.75, 3.05) is 6.61 Å². The van der Waals surface area contributed by atoms with E-state index in [0.717, 1.165) is 43.9 Å². The number of aromatic carboxylic acids is 2. The van der Waals surface area contributed by atoms with Gasteiger partial charge in [0.25, 0.3) is 0 Å². The van der Waals surface area contributed by atoms with Crippen LogP contribution in [0.15, 0.2) is 30.4 Å². The Morgan fingerprint density at radius 1 is 0.727 bits per heavy atom. The van der Waals surface area contributed by atoms with Gasteiger partial charge in [-0.25, -0.2) is 4.79 Å². The second-order valence-corrected chi connectivity index (χ2v) is 8.41. The molecule has 0 aliphatic heterocycles. The van der Waals surface area contributed by atoms with Crippen LogP contribution in [0.4, 0.5) is 0 Å². The van der Waals surface area contributed by atoms with Crippen LogP contribution in [-0.2, 0) is 4.74 Å². The third-order valence-electron chi connectivity index (χ3n) is 5.58. The van der Waals surface area contributed by atoms with Gasteiger partial charge < -0.3 is 24.5 Å². The largest absolute Gasteiger partial charge is 0.545 e. The molecule has 1 aromatic rings. The van der Waals surface area contributed by atoms with Gasteiger partial charge >= 0.3 is 5.97 Å². The molecule has 0 heterocycles. The molecule has 0 fully saturated rings. The average Bonchev–Trinajstić information content (AvgIpc) is 2.80. The molecule has 0 unspecified atom stereocenters. The Hall–Kier alpha value is -2.63. The SMILES string of the molecule is CCCCCCCCC=CCCCCCCCCOC(=O)c1ccc(C(=O)[O-])cc1C(=O)[O-]. The van der Waals surface area contributed by atoms with E-state index in [0.29, 0.717) is 6.42 Å². The minimum Gasteiger partial charge on any atom is -0.545 e. The highest BCUT2D eigenvalue weighted by Crippen LogP contribution is 2.14. The Morgan fingerprint density at radius 3 is 1.82 bits per heavy atom. The number of hydrogen-bond donors (Lipinski definition) is 0. The molecule has 6 nitrogen and oxygen atoms in total. The summed E-state index contributed by atoms with van der Waals surface area (Å²) in [4.78, 5) is 34.2. The number of esters is 1. The highest BCUT2D eigenvalue weighted by atomic mass is 16.5. The van der Waals surface area contributed by atoms with Crippen LogP contribution in [0.25, 0.3) is 0 Å². The van der Waals surface area contributed by atoms with E-state index in [1.165, 1.54) is 57.8 Å². The molecule has 0 aromatic heterocycles. The van der Waals surface area contributed by atoms with E-state index in [9.17, 15) is 24.6 Å². The summed E-state index contributed by atoms with van der Waals surface area (Å²) in [5, 5.41) is 22.1. The molecule has 1 rings (SSSR count). The Labute approximate surface area is 198 Å². The summed E-state index contributed by atoms with van der Waals surface area (Å²) in [6, 6.07) is 3.08. The van der Waals surface area contributed by atoms with Gasteiger partial charge in [-0.2, -0.15) is 0 Å². The molecular formula is C27H38O6-2. The van der Waals surface area contributed by atoms with E-state index < -0.39 is 23.5 Å². The number of ether oxygens (including phenoxy) is 1. The van der Waals surface area contributed by atoms with E-state index in [2.05, 4.69) is 19.1 Å². The fourth-order valence-electron chi connectivity index (χ4n) is 3.61. The summed E-state index contributed by atoms with van der Waals surface area (Å²) in [7, 11) is 0. The molecule has 0 radical (unpaired) electrons. The molecule has 0 aliphatic rings. The lowest BCUT2D eigenvalue weighted by Crippen LogP contribution is -2.28. The van der Waals surface area contributed by atoms with Crippen LogP contribution in [0.3, 0.4) is 0 Å². The van der Waals surface area contributed by atoms with E-state index in [-0.39, 0.29) is 17.7 Å². The summed E-state index contributed by atoms with van der Waals surface area (Å²) >= 11 is 0. The topological polar surface area (TPSA) is 107 Å². The lowest BCUT2D eigenvalue weighted by atomic mass is 10.0. The molecule has 184 valence electrons. The Morgan fingerprint density at radius 2 is 1.27 bits per heavy atom. The van der Waals surface area contributed by atoms with Crippen molar-refractivity contribution >= 4 is 17.9 Å². The van der Waals surface area contributed by atoms with Crippen molar-refractivity contribution in [1.82, 2.24) is 0 Å². The zero-order valence-corrected chi connectivity index (χ0v) is 19.9. The lowest BCUT2D eigenvalue weighted by molar-refractivity contribution is -0.255. The quantitative estimate of drug-likeness (QED) is 0.170. The summed E-state index contributed by atoms with van der Waals surface area (Å²) in [5.41, 5.74) is -1.06. The third-order valence-corrected chi connectivity index (χ3v) is 5.58. The number of carboxylic acids is 2. The molecule has 1 aromatic carbocycles. The van der Waals surface area contributed by atoms with Crippen LogP contribution >= 0.6 is 0 Å². The zero-order valence-electron chi connectivity index (χ0n) is 19.9. The van der Waals surface area contributed by atoms with Gasteiger partial charge in [0.15, 0.2) is 0 Å². The van der Waals surface area contributed by atoms with Crippen LogP contribution in [0.2, 0.25) is 0 Å². The number of carbonyl (C=O) groups excluding carboxylic acids is 3. The van der Waals surface area contributed by atoms with Crippen LogP contribution in [0, 0.1) is 0 Å². The Kier molecular flexibility index (Phi) is 15.4. The Balaban J connectivity index is 2.08. The first kappa shape index (κ1) is 28.4. The molecule has 0 aliphatic carbocycles. The fourth-order valence-corrected chi connectivity index (χ4v) is 3.61. The van der Waals surface area contributed by atoms with Gasteiger partial charge in [0.2, 0.25) is 0 Å². The molecule has 33 heavy (non-hydrogen) atoms. The first-order valence-electron chi connectivity index (χ1n) is 12.4. The van der Waals surface area contributed by atoms with E-state index >= 15 is 0 Å². The lowest BCUT2D eigenvalue weighted by Gasteiger charge is -2.12. The second-order valence-electron chi connectivity index (χ2n) is 8.41. The minimum atomic E-state index is -1.64. The molecule has 0 saturated carbocycles. The van der Waals surface area contributed by atoms with Gasteiger partial charge in [-0.1, -0.05) is 82.9 Å². The highest BCUT2D eigenvalue weighted by Gasteiger charge is 2.14. The predicted molar refractivity (Wildman–Crippen MR) is 125 cm³/mol. The molecule has 0 saturated heterocycles. The maximum atomic E-state index is 12.1. The van der Waals surface area contributed by atoms with Crippen LogP contribution in [0.1, 0.15) is 128 Å². The van der Waals surface area contributed by atoms with E-state index in [1.54, 1.807) is 0 Å². The molecule has 0 N–H and O–H groups in total.